The van der Waals surface area contributed by atoms with Gasteiger partial charge in [0.05, 0.1) is 0 Å². The highest BCUT2D eigenvalue weighted by atomic mass is 79.9. The maximum absolute atomic E-state index is 13.5. The number of halogens is 4. The van der Waals surface area contributed by atoms with Gasteiger partial charge in [-0.25, -0.2) is 4.39 Å². The second kappa shape index (κ2) is 7.49. The molecule has 0 aliphatic carbocycles. The molecule has 0 aromatic heterocycles. The van der Waals surface area contributed by atoms with E-state index >= 15 is 0 Å². The summed E-state index contributed by atoms with van der Waals surface area (Å²) in [5, 5.41) is 11.1. The highest BCUT2D eigenvalue weighted by molar-refractivity contribution is 9.10. The van der Waals surface area contributed by atoms with Crippen LogP contribution in [0.4, 0.5) is 13.2 Å². The van der Waals surface area contributed by atoms with Gasteiger partial charge in [0.25, 0.3) is 5.91 Å². The maximum atomic E-state index is 13.5. The van der Waals surface area contributed by atoms with Gasteiger partial charge in [-0.05, 0) is 30.2 Å². The van der Waals surface area contributed by atoms with Crippen LogP contribution < -0.4 is 5.32 Å². The van der Waals surface area contributed by atoms with Crippen LogP contribution in [0.5, 0.6) is 0 Å². The summed E-state index contributed by atoms with van der Waals surface area (Å²) in [5.41, 5.74) is 0.347. The maximum Gasteiger partial charge on any atom is 0.315 e. The van der Waals surface area contributed by atoms with Crippen LogP contribution in [0, 0.1) is 11.7 Å². The van der Waals surface area contributed by atoms with Crippen LogP contribution in [0.2, 0.25) is 0 Å². The third-order valence-corrected chi connectivity index (χ3v) is 3.03. The molecule has 1 rings (SSSR count). The molecule has 1 aromatic rings. The zero-order valence-electron chi connectivity index (χ0n) is 9.88. The summed E-state index contributed by atoms with van der Waals surface area (Å²) in [7, 11) is 0. The van der Waals surface area contributed by atoms with Crippen molar-refractivity contribution in [2.24, 2.45) is 5.92 Å². The average Bonchev–Trinajstić information content (AvgIpc) is 2.37. The Morgan fingerprint density at radius 3 is 2.68 bits per heavy atom. The van der Waals surface area contributed by atoms with Crippen molar-refractivity contribution in [1.82, 2.24) is 5.32 Å². The fourth-order valence-corrected chi connectivity index (χ4v) is 1.94. The van der Waals surface area contributed by atoms with Crippen molar-refractivity contribution >= 4 is 21.8 Å². The van der Waals surface area contributed by atoms with Crippen molar-refractivity contribution in [3.05, 3.63) is 34.1 Å². The van der Waals surface area contributed by atoms with Crippen LogP contribution in [0.25, 0.3) is 0 Å². The minimum Gasteiger partial charge on any atom is -0.396 e. The molecule has 0 aliphatic heterocycles. The molecular formula is C12H13BrF3NO2. The lowest BCUT2D eigenvalue weighted by Gasteiger charge is -2.15. The Morgan fingerprint density at radius 2 is 2.11 bits per heavy atom. The van der Waals surface area contributed by atoms with Crippen LogP contribution in [-0.2, 0) is 11.2 Å². The predicted molar refractivity (Wildman–Crippen MR) is 67.4 cm³/mol. The number of aliphatic hydroxyl groups excluding tert-OH is 1. The van der Waals surface area contributed by atoms with Crippen molar-refractivity contribution in [1.29, 1.82) is 0 Å². The van der Waals surface area contributed by atoms with Gasteiger partial charge in [0.2, 0.25) is 0 Å². The smallest absolute Gasteiger partial charge is 0.315 e. The topological polar surface area (TPSA) is 49.3 Å². The molecule has 0 fully saturated rings. The average molecular weight is 340 g/mol. The summed E-state index contributed by atoms with van der Waals surface area (Å²) >= 11 is 3.19. The number of hydrogen-bond donors (Lipinski definition) is 2. The van der Waals surface area contributed by atoms with Crippen LogP contribution in [-0.4, -0.2) is 30.6 Å². The minimum atomic E-state index is -3.10. The summed E-state index contributed by atoms with van der Waals surface area (Å²) in [6.45, 7) is -0.471. The normalized spacial score (nSPS) is 12.5. The summed E-state index contributed by atoms with van der Waals surface area (Å²) in [6, 6.07) is 4.35. The van der Waals surface area contributed by atoms with Crippen LogP contribution >= 0.6 is 15.9 Å². The first kappa shape index (κ1) is 16.0. The first-order valence-corrected chi connectivity index (χ1v) is 6.34. The summed E-state index contributed by atoms with van der Waals surface area (Å²) in [6.07, 6.45) is -2.95. The summed E-state index contributed by atoms with van der Waals surface area (Å²) in [5.74, 6) is -2.36. The van der Waals surface area contributed by atoms with E-state index in [0.717, 1.165) is 0 Å². The second-order valence-electron chi connectivity index (χ2n) is 4.03. The molecule has 0 unspecified atom stereocenters. The largest absolute Gasteiger partial charge is 0.396 e. The molecule has 7 heteroatoms. The lowest BCUT2D eigenvalue weighted by atomic mass is 9.99. The van der Waals surface area contributed by atoms with Gasteiger partial charge in [-0.2, -0.15) is 8.78 Å². The Hall–Kier alpha value is -1.08. The number of rotatable bonds is 6. The Bertz CT molecular complexity index is 443. The number of benzene rings is 1. The fourth-order valence-electron chi connectivity index (χ4n) is 1.53. The molecule has 0 saturated heterocycles. The summed E-state index contributed by atoms with van der Waals surface area (Å²) < 4.78 is 38.1. The van der Waals surface area contributed by atoms with E-state index in [2.05, 4.69) is 15.9 Å². The van der Waals surface area contributed by atoms with Gasteiger partial charge in [0.15, 0.2) is 0 Å². The molecule has 2 N–H and O–H groups in total. The van der Waals surface area contributed by atoms with E-state index in [1.54, 1.807) is 6.07 Å². The molecule has 0 radical (unpaired) electrons. The van der Waals surface area contributed by atoms with E-state index in [1.165, 1.54) is 12.1 Å². The van der Waals surface area contributed by atoms with E-state index < -0.39 is 24.1 Å². The molecule has 1 atom stereocenters. The lowest BCUT2D eigenvalue weighted by molar-refractivity contribution is -0.131. The van der Waals surface area contributed by atoms with E-state index in [-0.39, 0.29) is 19.6 Å². The number of carbonyl (C=O) groups is 1. The molecule has 1 amide bonds. The van der Waals surface area contributed by atoms with Gasteiger partial charge >= 0.3 is 6.43 Å². The Morgan fingerprint density at radius 1 is 1.42 bits per heavy atom. The molecule has 106 valence electrons. The minimum absolute atomic E-state index is 0.133. The number of alkyl halides is 2. The number of aliphatic hydroxyl groups is 1. The van der Waals surface area contributed by atoms with Gasteiger partial charge in [-0.1, -0.05) is 15.9 Å². The van der Waals surface area contributed by atoms with Gasteiger partial charge in [0.1, 0.15) is 5.82 Å². The van der Waals surface area contributed by atoms with Gasteiger partial charge in [-0.3, -0.25) is 4.79 Å². The Labute approximate surface area is 116 Å². The van der Waals surface area contributed by atoms with Gasteiger partial charge < -0.3 is 10.4 Å². The molecule has 1 aromatic carbocycles. The predicted octanol–water partition coefficient (Wildman–Crippen LogP) is 2.12. The molecular weight excluding hydrogens is 327 g/mol. The van der Waals surface area contributed by atoms with E-state index in [0.29, 0.717) is 10.0 Å². The molecule has 0 spiro atoms. The highest BCUT2D eigenvalue weighted by Crippen LogP contribution is 2.18. The first-order valence-electron chi connectivity index (χ1n) is 5.54. The number of hydrogen-bond acceptors (Lipinski definition) is 2. The van der Waals surface area contributed by atoms with E-state index in [9.17, 15) is 18.0 Å². The molecule has 0 saturated carbocycles. The highest BCUT2D eigenvalue weighted by Gasteiger charge is 2.18. The van der Waals surface area contributed by atoms with Crippen LogP contribution in [0.15, 0.2) is 22.7 Å². The van der Waals surface area contributed by atoms with Gasteiger partial charge in [-0.15, -0.1) is 0 Å². The van der Waals surface area contributed by atoms with Crippen molar-refractivity contribution in [2.45, 2.75) is 12.8 Å². The first-order chi connectivity index (χ1) is 8.93. The quantitative estimate of drug-likeness (QED) is 0.834. The van der Waals surface area contributed by atoms with E-state index in [1.807, 2.05) is 5.32 Å². The zero-order chi connectivity index (χ0) is 14.4. The molecule has 0 aliphatic rings. The third-order valence-electron chi connectivity index (χ3n) is 2.54. The monoisotopic (exact) mass is 339 g/mol. The van der Waals surface area contributed by atoms with Crippen molar-refractivity contribution < 1.29 is 23.1 Å². The second-order valence-corrected chi connectivity index (χ2v) is 4.95. The molecule has 3 nitrogen and oxygen atoms in total. The van der Waals surface area contributed by atoms with Crippen LogP contribution in [0.3, 0.4) is 0 Å². The zero-order valence-corrected chi connectivity index (χ0v) is 11.5. The van der Waals surface area contributed by atoms with Crippen molar-refractivity contribution in [2.75, 3.05) is 13.2 Å². The van der Waals surface area contributed by atoms with Crippen molar-refractivity contribution in [3.8, 4) is 0 Å². The molecule has 0 bridgehead atoms. The van der Waals surface area contributed by atoms with E-state index in [4.69, 9.17) is 5.11 Å². The fraction of sp³-hybridized carbons (Fsp3) is 0.417. The third kappa shape index (κ3) is 5.20. The Balaban J connectivity index is 2.61. The Kier molecular flexibility index (Phi) is 6.30. The summed E-state index contributed by atoms with van der Waals surface area (Å²) in [4.78, 5) is 10.7. The number of amides is 1. The number of nitrogens with one attached hydrogen (secondary N) is 1. The van der Waals surface area contributed by atoms with Gasteiger partial charge in [0, 0.05) is 23.5 Å². The molecule has 19 heavy (non-hydrogen) atoms. The van der Waals surface area contributed by atoms with Crippen molar-refractivity contribution in [3.63, 3.8) is 0 Å². The standard InChI is InChI=1S/C12H13BrF3NO2/c13-9-1-2-10(14)8(4-9)3-7(6-18)5-17-12(19)11(15)16/h1-2,4,7,11,18H,3,5-6H2,(H,17,19)/t7-/m0/s1. The lowest BCUT2D eigenvalue weighted by Crippen LogP contribution is -2.35. The SMILES string of the molecule is O=C(NC[C@@H](CO)Cc1cc(Br)ccc1F)C(F)F. The molecule has 0 heterocycles. The van der Waals surface area contributed by atoms with Crippen LogP contribution in [0.1, 0.15) is 5.56 Å². The number of carbonyl (C=O) groups excluding carboxylic acids is 1.